The molecule has 0 amide bonds. The van der Waals surface area contributed by atoms with Crippen LogP contribution in [0, 0.1) is 0 Å². The summed E-state index contributed by atoms with van der Waals surface area (Å²) in [4.78, 5) is 0. The van der Waals surface area contributed by atoms with E-state index in [1.165, 1.54) is 0 Å². The van der Waals surface area contributed by atoms with Gasteiger partial charge in [-0.15, -0.1) is 0 Å². The van der Waals surface area contributed by atoms with Crippen LogP contribution in [-0.4, -0.2) is 42.9 Å². The molecule has 0 aliphatic carbocycles. The lowest BCUT2D eigenvalue weighted by Gasteiger charge is -2.10. The first-order chi connectivity index (χ1) is 4.35. The topological polar surface area (TPSA) is 49.7 Å². The summed E-state index contributed by atoms with van der Waals surface area (Å²) in [6.45, 7) is 0.305. The van der Waals surface area contributed by atoms with E-state index in [0.717, 1.165) is 0 Å². The first-order valence-corrected chi connectivity index (χ1v) is 4.49. The van der Waals surface area contributed by atoms with Gasteiger partial charge in [-0.1, -0.05) is 0 Å². The molecule has 0 spiro atoms. The Morgan fingerprint density at radius 2 is 1.67 bits per heavy atom. The first kappa shape index (κ1) is 9.31. The molecule has 0 radical (unpaired) electrons. The van der Waals surface area contributed by atoms with E-state index in [4.69, 9.17) is 14.7 Å². The van der Waals surface area contributed by atoms with Crippen LogP contribution in [-0.2, 0) is 4.52 Å². The third-order valence-electron chi connectivity index (χ3n) is 0.957. The van der Waals surface area contributed by atoms with Crippen LogP contribution in [0.4, 0.5) is 0 Å². The summed E-state index contributed by atoms with van der Waals surface area (Å²) in [7, 11) is 1.05. The number of aliphatic hydroxyl groups is 2. The van der Waals surface area contributed by atoms with Crippen LogP contribution in [0.3, 0.4) is 0 Å². The fraction of sp³-hybridized carbons (Fsp3) is 1.00. The SMILES string of the molecule is COP(CCO)CCO. The van der Waals surface area contributed by atoms with Crippen molar-refractivity contribution in [3.05, 3.63) is 0 Å². The smallest absolute Gasteiger partial charge is 0.0491 e. The zero-order valence-electron chi connectivity index (χ0n) is 5.58. The first-order valence-electron chi connectivity index (χ1n) is 2.86. The minimum absolute atomic E-state index is 0.152. The molecule has 9 heavy (non-hydrogen) atoms. The Bertz CT molecular complexity index is 54.2. The monoisotopic (exact) mass is 152 g/mol. The zero-order chi connectivity index (χ0) is 7.11. The highest BCUT2D eigenvalue weighted by molar-refractivity contribution is 7.52. The van der Waals surface area contributed by atoms with Gasteiger partial charge >= 0.3 is 0 Å². The van der Waals surface area contributed by atoms with Gasteiger partial charge in [0.15, 0.2) is 0 Å². The van der Waals surface area contributed by atoms with Crippen LogP contribution in [0.1, 0.15) is 0 Å². The molecule has 0 saturated heterocycles. The van der Waals surface area contributed by atoms with Crippen LogP contribution >= 0.6 is 8.15 Å². The quantitative estimate of drug-likeness (QED) is 0.546. The van der Waals surface area contributed by atoms with E-state index < -0.39 is 8.15 Å². The lowest BCUT2D eigenvalue weighted by atomic mass is 10.9. The van der Waals surface area contributed by atoms with Gasteiger partial charge in [0.2, 0.25) is 0 Å². The van der Waals surface area contributed by atoms with Gasteiger partial charge in [-0.05, 0) is 0 Å². The standard InChI is InChI=1S/C5H13O3P/c1-8-9(4-2-6)5-3-7/h6-7H,2-5H2,1H3. The molecule has 0 bridgehead atoms. The normalized spacial score (nSPS) is 10.7. The van der Waals surface area contributed by atoms with Crippen molar-refractivity contribution in [3.8, 4) is 0 Å². The van der Waals surface area contributed by atoms with E-state index >= 15 is 0 Å². The average molecular weight is 152 g/mol. The minimum Gasteiger partial charge on any atom is -0.396 e. The molecule has 0 aromatic carbocycles. The second-order valence-electron chi connectivity index (χ2n) is 1.56. The molecule has 56 valence electrons. The van der Waals surface area contributed by atoms with E-state index in [2.05, 4.69) is 0 Å². The van der Waals surface area contributed by atoms with E-state index in [1.807, 2.05) is 0 Å². The van der Waals surface area contributed by atoms with Crippen molar-refractivity contribution in [1.82, 2.24) is 0 Å². The number of hydrogen-bond donors (Lipinski definition) is 2. The van der Waals surface area contributed by atoms with Crippen LogP contribution in [0.5, 0.6) is 0 Å². The molecule has 0 atom stereocenters. The van der Waals surface area contributed by atoms with Crippen LogP contribution in [0.25, 0.3) is 0 Å². The molecular formula is C5H13O3P. The number of aliphatic hydroxyl groups excluding tert-OH is 2. The Hall–Kier alpha value is 0.310. The van der Waals surface area contributed by atoms with Crippen LogP contribution in [0.2, 0.25) is 0 Å². The predicted molar refractivity (Wildman–Crippen MR) is 37.8 cm³/mol. The van der Waals surface area contributed by atoms with Crippen molar-refractivity contribution in [2.24, 2.45) is 0 Å². The van der Waals surface area contributed by atoms with Crippen molar-refractivity contribution >= 4 is 8.15 Å². The molecule has 0 rings (SSSR count). The van der Waals surface area contributed by atoms with Crippen molar-refractivity contribution in [1.29, 1.82) is 0 Å². The summed E-state index contributed by atoms with van der Waals surface area (Å²) in [6.07, 6.45) is 1.35. The summed E-state index contributed by atoms with van der Waals surface area (Å²) in [6, 6.07) is 0. The van der Waals surface area contributed by atoms with E-state index in [-0.39, 0.29) is 13.2 Å². The largest absolute Gasteiger partial charge is 0.396 e. The van der Waals surface area contributed by atoms with Gasteiger partial charge in [0.1, 0.15) is 0 Å². The van der Waals surface area contributed by atoms with Crippen molar-refractivity contribution in [2.75, 3.05) is 32.6 Å². The molecule has 0 saturated carbocycles. The molecule has 0 aromatic heterocycles. The Labute approximate surface area is 56.5 Å². The summed E-state index contributed by atoms with van der Waals surface area (Å²) in [5, 5.41) is 16.9. The summed E-state index contributed by atoms with van der Waals surface area (Å²) in [5.41, 5.74) is 0. The maximum Gasteiger partial charge on any atom is 0.0491 e. The molecular weight excluding hydrogens is 139 g/mol. The Balaban J connectivity index is 3.18. The lowest BCUT2D eigenvalue weighted by Crippen LogP contribution is -1.99. The van der Waals surface area contributed by atoms with Gasteiger partial charge in [0.05, 0.1) is 0 Å². The zero-order valence-corrected chi connectivity index (χ0v) is 6.47. The highest BCUT2D eigenvalue weighted by Gasteiger charge is 2.03. The van der Waals surface area contributed by atoms with Gasteiger partial charge in [-0.2, -0.15) is 0 Å². The molecule has 4 heteroatoms. The summed E-state index contributed by atoms with van der Waals surface area (Å²) in [5.74, 6) is 0. The van der Waals surface area contributed by atoms with E-state index in [0.29, 0.717) is 12.3 Å². The third-order valence-corrected chi connectivity index (χ3v) is 2.87. The summed E-state index contributed by atoms with van der Waals surface area (Å²) >= 11 is 0. The molecule has 3 nitrogen and oxygen atoms in total. The van der Waals surface area contributed by atoms with Gasteiger partial charge in [0, 0.05) is 40.8 Å². The van der Waals surface area contributed by atoms with Crippen LogP contribution in [0.15, 0.2) is 0 Å². The maximum atomic E-state index is 8.45. The second-order valence-corrected chi connectivity index (χ2v) is 3.78. The van der Waals surface area contributed by atoms with Gasteiger partial charge in [0.25, 0.3) is 0 Å². The molecule has 0 unspecified atom stereocenters. The van der Waals surface area contributed by atoms with E-state index in [1.54, 1.807) is 7.11 Å². The highest BCUT2D eigenvalue weighted by Crippen LogP contribution is 2.33. The number of rotatable bonds is 5. The van der Waals surface area contributed by atoms with E-state index in [9.17, 15) is 0 Å². The molecule has 0 aliphatic rings. The third kappa shape index (κ3) is 4.79. The Kier molecular flexibility index (Phi) is 6.65. The van der Waals surface area contributed by atoms with Crippen LogP contribution < -0.4 is 0 Å². The minimum atomic E-state index is -0.559. The van der Waals surface area contributed by atoms with Gasteiger partial charge < -0.3 is 14.7 Å². The lowest BCUT2D eigenvalue weighted by molar-refractivity contribution is 0.307. The van der Waals surface area contributed by atoms with Crippen molar-refractivity contribution < 1.29 is 14.7 Å². The Morgan fingerprint density at radius 1 is 1.22 bits per heavy atom. The van der Waals surface area contributed by atoms with Crippen molar-refractivity contribution in [3.63, 3.8) is 0 Å². The highest BCUT2D eigenvalue weighted by atomic mass is 31.1. The maximum absolute atomic E-state index is 8.45. The molecule has 0 fully saturated rings. The summed E-state index contributed by atoms with van der Waals surface area (Å²) < 4.78 is 4.98. The molecule has 0 aromatic rings. The number of hydrogen-bond acceptors (Lipinski definition) is 3. The molecule has 0 aliphatic heterocycles. The second kappa shape index (κ2) is 6.43. The van der Waals surface area contributed by atoms with Gasteiger partial charge in [-0.3, -0.25) is 0 Å². The molecule has 2 N–H and O–H groups in total. The fourth-order valence-corrected chi connectivity index (χ4v) is 1.55. The average Bonchev–Trinajstić information content (AvgIpc) is 1.88. The van der Waals surface area contributed by atoms with Crippen molar-refractivity contribution in [2.45, 2.75) is 0 Å². The predicted octanol–water partition coefficient (Wildman–Crippen LogP) is 0.0143. The van der Waals surface area contributed by atoms with Gasteiger partial charge in [-0.25, -0.2) is 0 Å². The molecule has 0 heterocycles. The Morgan fingerprint density at radius 3 is 1.89 bits per heavy atom. The fourth-order valence-electron chi connectivity index (χ4n) is 0.517.